The maximum atomic E-state index is 6.07. The normalized spacial score (nSPS) is 14.9. The molecule has 1 rings (SSSR count). The van der Waals surface area contributed by atoms with Crippen molar-refractivity contribution in [2.75, 3.05) is 7.11 Å². The fourth-order valence-electron chi connectivity index (χ4n) is 1.44. The first-order valence-electron chi connectivity index (χ1n) is 4.69. The van der Waals surface area contributed by atoms with Crippen molar-refractivity contribution < 1.29 is 4.74 Å². The van der Waals surface area contributed by atoms with E-state index < -0.39 is 0 Å². The molecule has 4 heteroatoms. The number of methoxy groups -OCH3 is 1. The lowest BCUT2D eigenvalue weighted by atomic mass is 9.99. The van der Waals surface area contributed by atoms with Crippen LogP contribution in [0.25, 0.3) is 0 Å². The van der Waals surface area contributed by atoms with Gasteiger partial charge in [-0.05, 0) is 13.3 Å². The van der Waals surface area contributed by atoms with E-state index in [0.717, 1.165) is 12.1 Å². The second-order valence-electron chi connectivity index (χ2n) is 3.18. The number of hydrogen-bond donors (Lipinski definition) is 0. The van der Waals surface area contributed by atoms with Crippen LogP contribution in [-0.4, -0.2) is 22.5 Å². The van der Waals surface area contributed by atoms with E-state index in [0.29, 0.717) is 5.88 Å². The van der Waals surface area contributed by atoms with Crippen LogP contribution in [0.5, 0.6) is 5.88 Å². The SMILES string of the molecule is CCC(c1cc(OC)ncn1)C(C)Cl. The van der Waals surface area contributed by atoms with Crippen LogP contribution in [0.2, 0.25) is 0 Å². The van der Waals surface area contributed by atoms with E-state index in [1.807, 2.05) is 13.0 Å². The van der Waals surface area contributed by atoms with Crippen LogP contribution in [0.3, 0.4) is 0 Å². The molecule has 0 aliphatic rings. The Kier molecular flexibility index (Phi) is 4.14. The minimum absolute atomic E-state index is 0.0691. The highest BCUT2D eigenvalue weighted by atomic mass is 35.5. The molecular formula is C10H15ClN2O. The largest absolute Gasteiger partial charge is 0.481 e. The Balaban J connectivity index is 2.92. The quantitative estimate of drug-likeness (QED) is 0.723. The summed E-state index contributed by atoms with van der Waals surface area (Å²) in [4.78, 5) is 8.16. The van der Waals surface area contributed by atoms with Crippen LogP contribution in [0, 0.1) is 0 Å². The average Bonchev–Trinajstić information content (AvgIpc) is 2.19. The third-order valence-corrected chi connectivity index (χ3v) is 2.55. The van der Waals surface area contributed by atoms with Crippen molar-refractivity contribution in [2.24, 2.45) is 0 Å². The van der Waals surface area contributed by atoms with Gasteiger partial charge in [0.25, 0.3) is 0 Å². The first-order chi connectivity index (χ1) is 6.69. The van der Waals surface area contributed by atoms with Crippen molar-refractivity contribution in [1.29, 1.82) is 0 Å². The summed E-state index contributed by atoms with van der Waals surface area (Å²) in [6.45, 7) is 4.07. The molecule has 1 heterocycles. The molecule has 0 saturated carbocycles. The maximum absolute atomic E-state index is 6.07. The zero-order chi connectivity index (χ0) is 10.6. The zero-order valence-electron chi connectivity index (χ0n) is 8.70. The van der Waals surface area contributed by atoms with Gasteiger partial charge in [0, 0.05) is 17.4 Å². The van der Waals surface area contributed by atoms with Gasteiger partial charge in [-0.15, -0.1) is 11.6 Å². The first kappa shape index (κ1) is 11.2. The molecule has 0 fully saturated rings. The monoisotopic (exact) mass is 214 g/mol. The highest BCUT2D eigenvalue weighted by Crippen LogP contribution is 2.26. The van der Waals surface area contributed by atoms with E-state index in [1.165, 1.54) is 6.33 Å². The number of nitrogens with zero attached hydrogens (tertiary/aromatic N) is 2. The summed E-state index contributed by atoms with van der Waals surface area (Å²) in [5.41, 5.74) is 0.946. The zero-order valence-corrected chi connectivity index (χ0v) is 9.45. The second kappa shape index (κ2) is 5.15. The van der Waals surface area contributed by atoms with E-state index in [1.54, 1.807) is 7.11 Å². The van der Waals surface area contributed by atoms with E-state index >= 15 is 0 Å². The van der Waals surface area contributed by atoms with Gasteiger partial charge >= 0.3 is 0 Å². The predicted octanol–water partition coefficient (Wildman–Crippen LogP) is 2.61. The third-order valence-electron chi connectivity index (χ3n) is 2.25. The molecular weight excluding hydrogens is 200 g/mol. The van der Waals surface area contributed by atoms with Gasteiger partial charge in [0.2, 0.25) is 5.88 Å². The van der Waals surface area contributed by atoms with Crippen molar-refractivity contribution in [3.63, 3.8) is 0 Å². The van der Waals surface area contributed by atoms with Crippen molar-refractivity contribution >= 4 is 11.6 Å². The summed E-state index contributed by atoms with van der Waals surface area (Å²) in [6, 6.07) is 1.84. The smallest absolute Gasteiger partial charge is 0.216 e. The number of aromatic nitrogens is 2. The molecule has 0 saturated heterocycles. The fourth-order valence-corrected chi connectivity index (χ4v) is 1.74. The van der Waals surface area contributed by atoms with Gasteiger partial charge in [-0.2, -0.15) is 0 Å². The van der Waals surface area contributed by atoms with Crippen LogP contribution in [0.1, 0.15) is 31.9 Å². The fraction of sp³-hybridized carbons (Fsp3) is 0.600. The van der Waals surface area contributed by atoms with E-state index in [2.05, 4.69) is 16.9 Å². The Morgan fingerprint density at radius 1 is 1.50 bits per heavy atom. The molecule has 1 aromatic heterocycles. The average molecular weight is 215 g/mol. The summed E-state index contributed by atoms with van der Waals surface area (Å²) < 4.78 is 5.04. The number of ether oxygens (including phenoxy) is 1. The number of hydrogen-bond acceptors (Lipinski definition) is 3. The first-order valence-corrected chi connectivity index (χ1v) is 5.12. The van der Waals surface area contributed by atoms with Crippen molar-refractivity contribution in [3.05, 3.63) is 18.1 Å². The van der Waals surface area contributed by atoms with Gasteiger partial charge < -0.3 is 4.74 Å². The summed E-state index contributed by atoms with van der Waals surface area (Å²) in [7, 11) is 1.59. The lowest BCUT2D eigenvalue weighted by Gasteiger charge is -2.16. The lowest BCUT2D eigenvalue weighted by molar-refractivity contribution is 0.395. The highest BCUT2D eigenvalue weighted by molar-refractivity contribution is 6.20. The van der Waals surface area contributed by atoms with Gasteiger partial charge in [-0.3, -0.25) is 0 Å². The Morgan fingerprint density at radius 3 is 2.71 bits per heavy atom. The Morgan fingerprint density at radius 2 is 2.21 bits per heavy atom. The Labute approximate surface area is 89.5 Å². The molecule has 0 spiro atoms. The topological polar surface area (TPSA) is 35.0 Å². The number of rotatable bonds is 4. The summed E-state index contributed by atoms with van der Waals surface area (Å²) in [6.07, 6.45) is 2.47. The minimum Gasteiger partial charge on any atom is -0.481 e. The molecule has 2 unspecified atom stereocenters. The van der Waals surface area contributed by atoms with Gasteiger partial charge in [0.05, 0.1) is 12.8 Å². The van der Waals surface area contributed by atoms with E-state index in [9.17, 15) is 0 Å². The van der Waals surface area contributed by atoms with Crippen LogP contribution >= 0.6 is 11.6 Å². The van der Waals surface area contributed by atoms with Crippen LogP contribution < -0.4 is 4.74 Å². The van der Waals surface area contributed by atoms with Gasteiger partial charge in [0.1, 0.15) is 6.33 Å². The Bertz CT molecular complexity index is 291. The molecule has 0 N–H and O–H groups in total. The van der Waals surface area contributed by atoms with Crippen LogP contribution in [-0.2, 0) is 0 Å². The van der Waals surface area contributed by atoms with Crippen LogP contribution in [0.4, 0.5) is 0 Å². The van der Waals surface area contributed by atoms with Crippen molar-refractivity contribution in [3.8, 4) is 5.88 Å². The van der Waals surface area contributed by atoms with Gasteiger partial charge in [-0.1, -0.05) is 6.92 Å². The third kappa shape index (κ3) is 2.58. The van der Waals surface area contributed by atoms with Crippen LogP contribution in [0.15, 0.2) is 12.4 Å². The van der Waals surface area contributed by atoms with E-state index in [4.69, 9.17) is 16.3 Å². The second-order valence-corrected chi connectivity index (χ2v) is 3.87. The number of halogens is 1. The molecule has 3 nitrogen and oxygen atoms in total. The van der Waals surface area contributed by atoms with Gasteiger partial charge in [-0.25, -0.2) is 9.97 Å². The lowest BCUT2D eigenvalue weighted by Crippen LogP contribution is -2.10. The van der Waals surface area contributed by atoms with E-state index in [-0.39, 0.29) is 11.3 Å². The molecule has 0 amide bonds. The molecule has 0 aliphatic carbocycles. The molecule has 0 radical (unpaired) electrons. The van der Waals surface area contributed by atoms with Gasteiger partial charge in [0.15, 0.2) is 0 Å². The Hall–Kier alpha value is -0.830. The predicted molar refractivity (Wildman–Crippen MR) is 56.9 cm³/mol. The number of alkyl halides is 1. The standard InChI is InChI=1S/C10H15ClN2O/c1-4-8(7(2)11)9-5-10(14-3)13-6-12-9/h5-8H,4H2,1-3H3. The molecule has 0 bridgehead atoms. The minimum atomic E-state index is 0.0691. The molecule has 1 aromatic rings. The van der Waals surface area contributed by atoms with Crippen molar-refractivity contribution in [1.82, 2.24) is 9.97 Å². The summed E-state index contributed by atoms with van der Waals surface area (Å²) >= 11 is 6.07. The summed E-state index contributed by atoms with van der Waals surface area (Å²) in [5.74, 6) is 0.847. The summed E-state index contributed by atoms with van der Waals surface area (Å²) in [5, 5.41) is 0.0691. The molecule has 14 heavy (non-hydrogen) atoms. The molecule has 0 aliphatic heterocycles. The van der Waals surface area contributed by atoms with Crippen molar-refractivity contribution in [2.45, 2.75) is 31.6 Å². The molecule has 2 atom stereocenters. The molecule has 0 aromatic carbocycles. The highest BCUT2D eigenvalue weighted by Gasteiger charge is 2.17. The maximum Gasteiger partial charge on any atom is 0.216 e. The molecule has 78 valence electrons.